The third-order valence-corrected chi connectivity index (χ3v) is 2.17. The second kappa shape index (κ2) is 12.2. The number of rotatable bonds is 0. The second-order valence-electron chi connectivity index (χ2n) is 3.28. The summed E-state index contributed by atoms with van der Waals surface area (Å²) in [6.45, 7) is 0. The summed E-state index contributed by atoms with van der Waals surface area (Å²) in [5.41, 5.74) is 0. The lowest BCUT2D eigenvalue weighted by molar-refractivity contribution is 0.399. The first-order valence-corrected chi connectivity index (χ1v) is 5.45. The van der Waals surface area contributed by atoms with Gasteiger partial charge in [-0.15, -0.1) is 0 Å². The molecule has 1 aromatic rings. The first-order chi connectivity index (χ1) is 7.00. The van der Waals surface area contributed by atoms with E-state index in [9.17, 15) is 0 Å². The summed E-state index contributed by atoms with van der Waals surface area (Å²) in [7, 11) is 1.00. The fraction of sp³-hybridized carbons (Fsp3) is 0.538. The summed E-state index contributed by atoms with van der Waals surface area (Å²) in [6.07, 6.45) is 9.00. The smallest absolute Gasteiger partial charge is 0.0319 e. The zero-order valence-electron chi connectivity index (χ0n) is 9.15. The van der Waals surface area contributed by atoms with Gasteiger partial charge in [0, 0.05) is 7.11 Å². The van der Waals surface area contributed by atoms with Gasteiger partial charge in [-0.3, -0.25) is 0 Å². The number of aliphatic hydroxyl groups is 1. The Bertz CT molecular complexity index is 130. The molecule has 0 amide bonds. The van der Waals surface area contributed by atoms with Gasteiger partial charge in [0.1, 0.15) is 0 Å². The molecule has 1 fully saturated rings. The van der Waals surface area contributed by atoms with Crippen molar-refractivity contribution in [3.63, 3.8) is 0 Å². The Morgan fingerprint density at radius 1 is 0.500 bits per heavy atom. The molecule has 80 valence electrons. The van der Waals surface area contributed by atoms with Gasteiger partial charge in [-0.25, -0.2) is 0 Å². The van der Waals surface area contributed by atoms with Crippen LogP contribution in [0.1, 0.15) is 38.5 Å². The fourth-order valence-electron chi connectivity index (χ4n) is 1.45. The molecule has 1 heteroatoms. The second-order valence-corrected chi connectivity index (χ2v) is 3.28. The van der Waals surface area contributed by atoms with E-state index in [1.165, 1.54) is 38.5 Å². The Morgan fingerprint density at radius 3 is 0.786 bits per heavy atom. The summed E-state index contributed by atoms with van der Waals surface area (Å²) < 4.78 is 0. The molecule has 0 saturated heterocycles. The molecule has 0 unspecified atom stereocenters. The average molecular weight is 194 g/mol. The summed E-state index contributed by atoms with van der Waals surface area (Å²) >= 11 is 0. The Hall–Kier alpha value is -0.820. The van der Waals surface area contributed by atoms with E-state index in [2.05, 4.69) is 0 Å². The number of hydrogen-bond acceptors (Lipinski definition) is 1. The lowest BCUT2D eigenvalue weighted by Crippen LogP contribution is -1.85. The monoisotopic (exact) mass is 194 g/mol. The maximum absolute atomic E-state index is 7.00. The van der Waals surface area contributed by atoms with E-state index < -0.39 is 0 Å². The van der Waals surface area contributed by atoms with Gasteiger partial charge < -0.3 is 5.11 Å². The first kappa shape index (κ1) is 13.2. The van der Waals surface area contributed by atoms with Crippen LogP contribution >= 0.6 is 0 Å². The Morgan fingerprint density at radius 2 is 0.643 bits per heavy atom. The normalized spacial score (nSPS) is 14.1. The summed E-state index contributed by atoms with van der Waals surface area (Å²) in [6, 6.07) is 12.0. The van der Waals surface area contributed by atoms with Crippen LogP contribution in [0.3, 0.4) is 0 Å². The van der Waals surface area contributed by atoms with Crippen LogP contribution in [0.15, 0.2) is 36.4 Å². The van der Waals surface area contributed by atoms with Crippen LogP contribution in [0.25, 0.3) is 0 Å². The third-order valence-electron chi connectivity index (χ3n) is 2.17. The maximum atomic E-state index is 7.00. The van der Waals surface area contributed by atoms with Gasteiger partial charge in [-0.05, 0) is 0 Å². The fourth-order valence-corrected chi connectivity index (χ4v) is 1.45. The molecule has 1 N–H and O–H groups in total. The molecule has 2 rings (SSSR count). The molecular formula is C13H22O. The molecule has 0 aromatic heterocycles. The van der Waals surface area contributed by atoms with Crippen LogP contribution in [-0.4, -0.2) is 12.2 Å². The van der Waals surface area contributed by atoms with Crippen LogP contribution in [0.4, 0.5) is 0 Å². The lowest BCUT2D eigenvalue weighted by atomic mass is 10.0. The highest BCUT2D eigenvalue weighted by Gasteiger charge is 1.95. The highest BCUT2D eigenvalue weighted by Crippen LogP contribution is 2.15. The van der Waals surface area contributed by atoms with E-state index in [0.717, 1.165) is 7.11 Å². The van der Waals surface area contributed by atoms with E-state index in [0.29, 0.717) is 0 Å². The molecule has 1 saturated carbocycles. The largest absolute Gasteiger partial charge is 0.400 e. The van der Waals surface area contributed by atoms with Crippen molar-refractivity contribution in [2.45, 2.75) is 38.5 Å². The lowest BCUT2D eigenvalue weighted by Gasteiger charge is -2.05. The van der Waals surface area contributed by atoms with Crippen molar-refractivity contribution >= 4 is 0 Å². The number of benzene rings is 1. The minimum absolute atomic E-state index is 1.00. The molecule has 0 bridgehead atoms. The van der Waals surface area contributed by atoms with Crippen molar-refractivity contribution < 1.29 is 5.11 Å². The van der Waals surface area contributed by atoms with Gasteiger partial charge in [0.2, 0.25) is 0 Å². The Labute approximate surface area is 87.8 Å². The summed E-state index contributed by atoms with van der Waals surface area (Å²) in [5, 5.41) is 7.00. The third kappa shape index (κ3) is 9.27. The first-order valence-electron chi connectivity index (χ1n) is 5.45. The molecule has 1 aliphatic carbocycles. The molecule has 0 spiro atoms. The molecule has 0 aliphatic heterocycles. The zero-order valence-corrected chi connectivity index (χ0v) is 9.15. The average Bonchev–Trinajstić information content (AvgIpc) is 2.37. The van der Waals surface area contributed by atoms with Crippen LogP contribution in [0, 0.1) is 0 Å². The van der Waals surface area contributed by atoms with Crippen molar-refractivity contribution in [1.82, 2.24) is 0 Å². The Kier molecular flexibility index (Phi) is 11.5. The predicted molar refractivity (Wildman–Crippen MR) is 62.3 cm³/mol. The van der Waals surface area contributed by atoms with Crippen molar-refractivity contribution in [1.29, 1.82) is 0 Å². The van der Waals surface area contributed by atoms with Crippen molar-refractivity contribution in [3.05, 3.63) is 36.4 Å². The topological polar surface area (TPSA) is 20.2 Å². The molecule has 0 heterocycles. The summed E-state index contributed by atoms with van der Waals surface area (Å²) in [5.74, 6) is 0. The van der Waals surface area contributed by atoms with Crippen molar-refractivity contribution in [2.75, 3.05) is 7.11 Å². The molecular weight excluding hydrogens is 172 g/mol. The van der Waals surface area contributed by atoms with Gasteiger partial charge in [0.05, 0.1) is 0 Å². The molecule has 1 nitrogen and oxygen atoms in total. The SMILES string of the molecule is C1CCCCC1.CO.c1ccccc1. The highest BCUT2D eigenvalue weighted by molar-refractivity contribution is 4.99. The van der Waals surface area contributed by atoms with Gasteiger partial charge in [0.25, 0.3) is 0 Å². The quantitative estimate of drug-likeness (QED) is 0.668. The van der Waals surface area contributed by atoms with E-state index in [4.69, 9.17) is 5.11 Å². The molecule has 14 heavy (non-hydrogen) atoms. The zero-order chi connectivity index (χ0) is 10.5. The molecule has 0 radical (unpaired) electrons. The van der Waals surface area contributed by atoms with Crippen LogP contribution in [-0.2, 0) is 0 Å². The predicted octanol–water partition coefficient (Wildman–Crippen LogP) is 3.64. The minimum Gasteiger partial charge on any atom is -0.400 e. The van der Waals surface area contributed by atoms with E-state index in [-0.39, 0.29) is 0 Å². The summed E-state index contributed by atoms with van der Waals surface area (Å²) in [4.78, 5) is 0. The van der Waals surface area contributed by atoms with Gasteiger partial charge in [0.15, 0.2) is 0 Å². The standard InChI is InChI=1S/C6H12.C6H6.CH4O/c2*1-2-4-6-5-3-1;1-2/h1-6H2;1-6H;2H,1H3. The number of hydrogen-bond donors (Lipinski definition) is 1. The van der Waals surface area contributed by atoms with E-state index in [1.54, 1.807) is 0 Å². The van der Waals surface area contributed by atoms with Gasteiger partial charge >= 0.3 is 0 Å². The maximum Gasteiger partial charge on any atom is 0.0319 e. The van der Waals surface area contributed by atoms with Crippen LogP contribution in [0.5, 0.6) is 0 Å². The molecule has 1 aliphatic rings. The minimum atomic E-state index is 1.00. The van der Waals surface area contributed by atoms with Gasteiger partial charge in [-0.1, -0.05) is 74.9 Å². The number of aliphatic hydroxyl groups excluding tert-OH is 1. The molecule has 1 aromatic carbocycles. The van der Waals surface area contributed by atoms with E-state index in [1.807, 2.05) is 36.4 Å². The highest BCUT2D eigenvalue weighted by atomic mass is 16.2. The van der Waals surface area contributed by atoms with Crippen LogP contribution in [0.2, 0.25) is 0 Å². The van der Waals surface area contributed by atoms with E-state index >= 15 is 0 Å². The van der Waals surface area contributed by atoms with Gasteiger partial charge in [-0.2, -0.15) is 0 Å². The Balaban J connectivity index is 0.000000206. The van der Waals surface area contributed by atoms with Crippen molar-refractivity contribution in [2.24, 2.45) is 0 Å². The van der Waals surface area contributed by atoms with Crippen LogP contribution < -0.4 is 0 Å². The van der Waals surface area contributed by atoms with Crippen molar-refractivity contribution in [3.8, 4) is 0 Å². The molecule has 0 atom stereocenters.